The highest BCUT2D eigenvalue weighted by Gasteiger charge is 2.33. The third-order valence-electron chi connectivity index (χ3n) is 2.21. The second-order valence-electron chi connectivity index (χ2n) is 2.99. The Bertz CT molecular complexity index is 400. The molecule has 0 fully saturated rings. The zero-order chi connectivity index (χ0) is 10.1. The number of benzene rings is 1. The molecule has 0 amide bonds. The van der Waals surface area contributed by atoms with E-state index in [-0.39, 0.29) is 0 Å². The van der Waals surface area contributed by atoms with Gasteiger partial charge in [-0.2, -0.15) is 5.26 Å². The molecular formula is C10H9NO2S. The molecule has 0 aliphatic carbocycles. The minimum absolute atomic E-state index is 0.415. The molecule has 3 nitrogen and oxygen atoms in total. The topological polar surface area (TPSA) is 53.2 Å². The first-order valence-corrected chi connectivity index (χ1v) is 5.07. The van der Waals surface area contributed by atoms with Gasteiger partial charge in [-0.15, -0.1) is 0 Å². The van der Waals surface area contributed by atoms with Crippen molar-refractivity contribution in [3.05, 3.63) is 23.8 Å². The normalized spacial score (nSPS) is 24.1. The third-order valence-corrected chi connectivity index (χ3v) is 3.50. The Morgan fingerprint density at radius 3 is 3.00 bits per heavy atom. The molecule has 0 bridgehead atoms. The summed E-state index contributed by atoms with van der Waals surface area (Å²) in [6.07, 6.45) is -0.699. The number of nitriles is 1. The summed E-state index contributed by atoms with van der Waals surface area (Å²) in [5.74, 6) is 0.726. The van der Waals surface area contributed by atoms with Crippen molar-refractivity contribution in [1.29, 1.82) is 5.26 Å². The fourth-order valence-electron chi connectivity index (χ4n) is 1.50. The van der Waals surface area contributed by atoms with Gasteiger partial charge in [0.1, 0.15) is 17.1 Å². The quantitative estimate of drug-likeness (QED) is 0.762. The number of fused-ring (bicyclic) bond motifs is 1. The number of methoxy groups -OCH3 is 1. The average Bonchev–Trinajstić information content (AvgIpc) is 2.55. The molecule has 1 N–H and O–H groups in total. The number of hydrogen-bond donors (Lipinski definition) is 1. The lowest BCUT2D eigenvalue weighted by atomic mass is 10.1. The standard InChI is InChI=1S/C10H9NO2S/c1-13-7-4-2-3-6-9(12)8(5-11)14-10(6)7/h2-4,8-9,12H,1H3. The van der Waals surface area contributed by atoms with Crippen LogP contribution in [0.4, 0.5) is 0 Å². The highest BCUT2D eigenvalue weighted by atomic mass is 32.2. The van der Waals surface area contributed by atoms with Crippen LogP contribution in [0.3, 0.4) is 0 Å². The van der Waals surface area contributed by atoms with Crippen LogP contribution >= 0.6 is 11.8 Å². The van der Waals surface area contributed by atoms with Crippen LogP contribution in [0, 0.1) is 11.3 Å². The Morgan fingerprint density at radius 1 is 1.57 bits per heavy atom. The number of rotatable bonds is 1. The van der Waals surface area contributed by atoms with Crippen LogP contribution in [0.2, 0.25) is 0 Å². The fraction of sp³-hybridized carbons (Fsp3) is 0.300. The van der Waals surface area contributed by atoms with Gasteiger partial charge in [0.2, 0.25) is 0 Å². The largest absolute Gasteiger partial charge is 0.496 e. The SMILES string of the molecule is COc1cccc2c1SC(C#N)C2O. The minimum Gasteiger partial charge on any atom is -0.496 e. The molecule has 0 aromatic heterocycles. The molecule has 2 unspecified atom stereocenters. The zero-order valence-corrected chi connectivity index (χ0v) is 8.41. The summed E-state index contributed by atoms with van der Waals surface area (Å²) in [6.45, 7) is 0. The molecule has 0 saturated heterocycles. The predicted molar refractivity (Wildman–Crippen MR) is 53.2 cm³/mol. The van der Waals surface area contributed by atoms with E-state index >= 15 is 0 Å². The number of ether oxygens (including phenoxy) is 1. The summed E-state index contributed by atoms with van der Waals surface area (Å²) in [5, 5.41) is 18.1. The molecule has 1 aliphatic heterocycles. The lowest BCUT2D eigenvalue weighted by molar-refractivity contribution is 0.189. The molecular weight excluding hydrogens is 198 g/mol. The smallest absolute Gasteiger partial charge is 0.132 e. The van der Waals surface area contributed by atoms with E-state index in [0.29, 0.717) is 0 Å². The minimum atomic E-state index is -0.699. The molecule has 1 aromatic carbocycles. The number of hydrogen-bond acceptors (Lipinski definition) is 4. The maximum absolute atomic E-state index is 9.76. The fourth-order valence-corrected chi connectivity index (χ4v) is 2.68. The Labute approximate surface area is 86.3 Å². The van der Waals surface area contributed by atoms with Gasteiger partial charge in [0, 0.05) is 5.56 Å². The summed E-state index contributed by atoms with van der Waals surface area (Å²) in [7, 11) is 1.59. The molecule has 0 saturated carbocycles. The monoisotopic (exact) mass is 207 g/mol. The summed E-state index contributed by atoms with van der Waals surface area (Å²) in [4.78, 5) is 0.883. The molecule has 1 heterocycles. The zero-order valence-electron chi connectivity index (χ0n) is 7.60. The second-order valence-corrected chi connectivity index (χ2v) is 4.14. The van der Waals surface area contributed by atoms with Gasteiger partial charge in [0.15, 0.2) is 0 Å². The van der Waals surface area contributed by atoms with E-state index < -0.39 is 11.4 Å². The van der Waals surface area contributed by atoms with Crippen molar-refractivity contribution in [3.8, 4) is 11.8 Å². The lowest BCUT2D eigenvalue weighted by Crippen LogP contribution is -2.05. The Hall–Kier alpha value is -1.18. The van der Waals surface area contributed by atoms with Crippen LogP contribution in [0.25, 0.3) is 0 Å². The number of aliphatic hydroxyl groups is 1. The second kappa shape index (κ2) is 3.52. The molecule has 2 atom stereocenters. The maximum atomic E-state index is 9.76. The van der Waals surface area contributed by atoms with Crippen molar-refractivity contribution in [2.45, 2.75) is 16.2 Å². The first-order valence-electron chi connectivity index (χ1n) is 4.19. The number of aliphatic hydroxyl groups excluding tert-OH is 1. The van der Waals surface area contributed by atoms with Gasteiger partial charge < -0.3 is 9.84 Å². The first-order chi connectivity index (χ1) is 6.77. The maximum Gasteiger partial charge on any atom is 0.132 e. The van der Waals surface area contributed by atoms with E-state index in [9.17, 15) is 5.11 Å². The van der Waals surface area contributed by atoms with Gasteiger partial charge >= 0.3 is 0 Å². The van der Waals surface area contributed by atoms with Gasteiger partial charge in [0.25, 0.3) is 0 Å². The summed E-state index contributed by atoms with van der Waals surface area (Å²) in [5.41, 5.74) is 0.793. The molecule has 14 heavy (non-hydrogen) atoms. The first kappa shape index (κ1) is 9.38. The third kappa shape index (κ3) is 1.26. The van der Waals surface area contributed by atoms with E-state index in [1.54, 1.807) is 7.11 Å². The van der Waals surface area contributed by atoms with Crippen molar-refractivity contribution in [3.63, 3.8) is 0 Å². The van der Waals surface area contributed by atoms with E-state index in [0.717, 1.165) is 16.2 Å². The molecule has 1 aromatic rings. The summed E-state index contributed by atoms with van der Waals surface area (Å²) < 4.78 is 5.16. The van der Waals surface area contributed by atoms with Gasteiger partial charge in [-0.1, -0.05) is 23.9 Å². The highest BCUT2D eigenvalue weighted by molar-refractivity contribution is 8.00. The molecule has 72 valence electrons. The average molecular weight is 207 g/mol. The highest BCUT2D eigenvalue weighted by Crippen LogP contribution is 2.48. The van der Waals surface area contributed by atoms with Crippen molar-refractivity contribution in [2.75, 3.05) is 7.11 Å². The molecule has 4 heteroatoms. The Morgan fingerprint density at radius 2 is 2.36 bits per heavy atom. The van der Waals surface area contributed by atoms with Crippen LogP contribution in [-0.2, 0) is 0 Å². The predicted octanol–water partition coefficient (Wildman–Crippen LogP) is 1.73. The number of nitrogens with zero attached hydrogens (tertiary/aromatic N) is 1. The Kier molecular flexibility index (Phi) is 2.36. The Balaban J connectivity index is 2.48. The van der Waals surface area contributed by atoms with Crippen LogP contribution in [0.1, 0.15) is 11.7 Å². The number of thioether (sulfide) groups is 1. The van der Waals surface area contributed by atoms with E-state index in [1.807, 2.05) is 18.2 Å². The lowest BCUT2D eigenvalue weighted by Gasteiger charge is -2.06. The van der Waals surface area contributed by atoms with Crippen LogP contribution in [0.15, 0.2) is 23.1 Å². The van der Waals surface area contributed by atoms with E-state index in [1.165, 1.54) is 11.8 Å². The van der Waals surface area contributed by atoms with Crippen LogP contribution in [0.5, 0.6) is 5.75 Å². The van der Waals surface area contributed by atoms with Gasteiger partial charge in [-0.25, -0.2) is 0 Å². The van der Waals surface area contributed by atoms with Crippen molar-refractivity contribution < 1.29 is 9.84 Å². The molecule has 1 aliphatic rings. The van der Waals surface area contributed by atoms with Gasteiger partial charge in [-0.3, -0.25) is 0 Å². The van der Waals surface area contributed by atoms with Gasteiger partial charge in [0.05, 0.1) is 18.1 Å². The molecule has 0 spiro atoms. The van der Waals surface area contributed by atoms with Crippen molar-refractivity contribution in [2.24, 2.45) is 0 Å². The van der Waals surface area contributed by atoms with Crippen molar-refractivity contribution in [1.82, 2.24) is 0 Å². The molecule has 0 radical (unpaired) electrons. The van der Waals surface area contributed by atoms with E-state index in [2.05, 4.69) is 6.07 Å². The molecule has 2 rings (SSSR count). The van der Waals surface area contributed by atoms with E-state index in [4.69, 9.17) is 10.00 Å². The summed E-state index contributed by atoms with van der Waals surface area (Å²) in [6, 6.07) is 7.55. The van der Waals surface area contributed by atoms with Crippen LogP contribution in [-0.4, -0.2) is 17.5 Å². The van der Waals surface area contributed by atoms with Gasteiger partial charge in [-0.05, 0) is 6.07 Å². The van der Waals surface area contributed by atoms with Crippen LogP contribution < -0.4 is 4.74 Å². The summed E-state index contributed by atoms with van der Waals surface area (Å²) >= 11 is 1.36. The van der Waals surface area contributed by atoms with Crippen molar-refractivity contribution >= 4 is 11.8 Å².